The lowest BCUT2D eigenvalue weighted by Gasteiger charge is -2.34. The van der Waals surface area contributed by atoms with Crippen LogP contribution in [0.2, 0.25) is 0 Å². The Kier molecular flexibility index (Phi) is 4.32. The molecule has 26 heavy (non-hydrogen) atoms. The van der Waals surface area contributed by atoms with E-state index >= 15 is 0 Å². The van der Waals surface area contributed by atoms with Crippen LogP contribution in [0.1, 0.15) is 23.0 Å². The molecule has 2 aliphatic rings. The third-order valence-corrected chi connectivity index (χ3v) is 5.22. The first-order valence-corrected chi connectivity index (χ1v) is 8.99. The second kappa shape index (κ2) is 6.78. The molecule has 0 saturated carbocycles. The molecule has 2 amide bonds. The molecule has 4 rings (SSSR count). The maximum atomic E-state index is 13.0. The minimum absolute atomic E-state index is 0.0558. The van der Waals surface area contributed by atoms with Crippen LogP contribution in [0.3, 0.4) is 0 Å². The molecular formula is C20H22N4O2. The second-order valence-electron chi connectivity index (χ2n) is 6.89. The van der Waals surface area contributed by atoms with Gasteiger partial charge in [0, 0.05) is 37.9 Å². The number of nitrogens with zero attached hydrogens (tertiary/aromatic N) is 4. The summed E-state index contributed by atoms with van der Waals surface area (Å²) >= 11 is 0. The number of para-hydroxylation sites is 1. The van der Waals surface area contributed by atoms with E-state index in [9.17, 15) is 9.59 Å². The number of amides is 2. The fraction of sp³-hybridized carbons (Fsp3) is 0.350. The molecule has 1 fully saturated rings. The summed E-state index contributed by atoms with van der Waals surface area (Å²) in [5.74, 6) is -0.0558. The van der Waals surface area contributed by atoms with E-state index in [0.717, 1.165) is 37.3 Å². The minimum Gasteiger partial charge on any atom is -0.367 e. The minimum atomic E-state index is -0.0558. The fourth-order valence-corrected chi connectivity index (χ4v) is 3.78. The molecule has 0 N–H and O–H groups in total. The van der Waals surface area contributed by atoms with Crippen molar-refractivity contribution >= 4 is 23.7 Å². The highest BCUT2D eigenvalue weighted by atomic mass is 16.2. The molecule has 2 aromatic rings. The Morgan fingerprint density at radius 3 is 2.58 bits per heavy atom. The van der Waals surface area contributed by atoms with Crippen molar-refractivity contribution in [3.05, 3.63) is 53.9 Å². The van der Waals surface area contributed by atoms with Crippen LogP contribution in [0.25, 0.3) is 0 Å². The number of fused-ring (bicyclic) bond motifs is 1. The van der Waals surface area contributed by atoms with Crippen molar-refractivity contribution < 1.29 is 9.59 Å². The highest BCUT2D eigenvalue weighted by Gasteiger charge is 2.31. The van der Waals surface area contributed by atoms with E-state index in [2.05, 4.69) is 22.9 Å². The SMILES string of the molecule is CC1Cc2ccccc2N1C(=O)c1ccc(N2CCN(C=O)CC2)cn1. The van der Waals surface area contributed by atoms with Gasteiger partial charge < -0.3 is 14.7 Å². The van der Waals surface area contributed by atoms with Gasteiger partial charge in [-0.3, -0.25) is 9.59 Å². The van der Waals surface area contributed by atoms with Gasteiger partial charge in [-0.15, -0.1) is 0 Å². The Morgan fingerprint density at radius 2 is 1.88 bits per heavy atom. The van der Waals surface area contributed by atoms with E-state index in [-0.39, 0.29) is 11.9 Å². The van der Waals surface area contributed by atoms with Crippen LogP contribution < -0.4 is 9.80 Å². The van der Waals surface area contributed by atoms with Crippen LogP contribution in [0.15, 0.2) is 42.6 Å². The lowest BCUT2D eigenvalue weighted by molar-refractivity contribution is -0.118. The summed E-state index contributed by atoms with van der Waals surface area (Å²) in [4.78, 5) is 34.0. The molecule has 0 aliphatic carbocycles. The highest BCUT2D eigenvalue weighted by Crippen LogP contribution is 2.32. The zero-order chi connectivity index (χ0) is 18.1. The number of pyridine rings is 1. The average Bonchev–Trinajstić information content (AvgIpc) is 3.03. The van der Waals surface area contributed by atoms with Crippen molar-refractivity contribution in [2.45, 2.75) is 19.4 Å². The van der Waals surface area contributed by atoms with Gasteiger partial charge >= 0.3 is 0 Å². The average molecular weight is 350 g/mol. The predicted octanol–water partition coefficient (Wildman–Crippen LogP) is 1.95. The maximum Gasteiger partial charge on any atom is 0.277 e. The van der Waals surface area contributed by atoms with Gasteiger partial charge in [0.05, 0.1) is 11.9 Å². The lowest BCUT2D eigenvalue weighted by Crippen LogP contribution is -2.45. The van der Waals surface area contributed by atoms with E-state index in [1.807, 2.05) is 29.2 Å². The third-order valence-electron chi connectivity index (χ3n) is 5.22. The summed E-state index contributed by atoms with van der Waals surface area (Å²) in [5.41, 5.74) is 3.64. The number of hydrogen-bond donors (Lipinski definition) is 0. The summed E-state index contributed by atoms with van der Waals surface area (Å²) < 4.78 is 0. The van der Waals surface area contributed by atoms with E-state index in [1.54, 1.807) is 17.2 Å². The summed E-state index contributed by atoms with van der Waals surface area (Å²) in [7, 11) is 0. The van der Waals surface area contributed by atoms with Gasteiger partial charge in [0.2, 0.25) is 6.41 Å². The monoisotopic (exact) mass is 350 g/mol. The van der Waals surface area contributed by atoms with Crippen LogP contribution in [-0.2, 0) is 11.2 Å². The molecule has 0 spiro atoms. The van der Waals surface area contributed by atoms with Gasteiger partial charge in [0.15, 0.2) is 0 Å². The van der Waals surface area contributed by atoms with Crippen molar-refractivity contribution in [1.82, 2.24) is 9.88 Å². The Labute approximate surface area is 153 Å². The number of piperazine rings is 1. The number of benzene rings is 1. The molecule has 0 bridgehead atoms. The van der Waals surface area contributed by atoms with Crippen molar-refractivity contribution in [1.29, 1.82) is 0 Å². The summed E-state index contributed by atoms with van der Waals surface area (Å²) in [6.45, 7) is 5.06. The molecule has 1 unspecified atom stereocenters. The zero-order valence-electron chi connectivity index (χ0n) is 14.8. The summed E-state index contributed by atoms with van der Waals surface area (Å²) in [6.07, 6.45) is 3.53. The predicted molar refractivity (Wildman–Crippen MR) is 101 cm³/mol. The van der Waals surface area contributed by atoms with Gasteiger partial charge in [-0.05, 0) is 37.1 Å². The van der Waals surface area contributed by atoms with Crippen molar-refractivity contribution in [2.75, 3.05) is 36.0 Å². The van der Waals surface area contributed by atoms with Gasteiger partial charge in [-0.25, -0.2) is 4.98 Å². The summed E-state index contributed by atoms with van der Waals surface area (Å²) in [6, 6.07) is 11.9. The lowest BCUT2D eigenvalue weighted by atomic mass is 10.1. The Hall–Kier alpha value is -2.89. The first kappa shape index (κ1) is 16.6. The van der Waals surface area contributed by atoms with E-state index in [0.29, 0.717) is 18.8 Å². The third kappa shape index (κ3) is 2.92. The fourth-order valence-electron chi connectivity index (χ4n) is 3.78. The van der Waals surface area contributed by atoms with Crippen LogP contribution in [-0.4, -0.2) is 54.4 Å². The van der Waals surface area contributed by atoms with E-state index < -0.39 is 0 Å². The Balaban J connectivity index is 1.50. The van der Waals surface area contributed by atoms with Crippen LogP contribution in [0.5, 0.6) is 0 Å². The van der Waals surface area contributed by atoms with Gasteiger partial charge in [0.25, 0.3) is 5.91 Å². The van der Waals surface area contributed by atoms with Gasteiger partial charge in [-0.2, -0.15) is 0 Å². The Morgan fingerprint density at radius 1 is 1.12 bits per heavy atom. The normalized spacial score (nSPS) is 19.4. The van der Waals surface area contributed by atoms with E-state index in [4.69, 9.17) is 0 Å². The first-order chi connectivity index (χ1) is 12.7. The topological polar surface area (TPSA) is 56.8 Å². The number of carbonyl (C=O) groups is 2. The molecule has 1 aromatic carbocycles. The summed E-state index contributed by atoms with van der Waals surface area (Å²) in [5, 5.41) is 0. The van der Waals surface area contributed by atoms with E-state index in [1.165, 1.54) is 5.56 Å². The van der Waals surface area contributed by atoms with Crippen LogP contribution >= 0.6 is 0 Å². The smallest absolute Gasteiger partial charge is 0.277 e. The molecule has 6 heteroatoms. The number of rotatable bonds is 3. The largest absolute Gasteiger partial charge is 0.367 e. The Bertz CT molecular complexity index is 813. The van der Waals surface area contributed by atoms with Gasteiger partial charge in [0.1, 0.15) is 5.69 Å². The standard InChI is InChI=1S/C20H22N4O2/c1-15-12-16-4-2-3-5-19(16)24(15)20(26)18-7-6-17(13-21-18)23-10-8-22(14-25)9-11-23/h2-7,13-15H,8-12H2,1H3. The number of aromatic nitrogens is 1. The molecule has 6 nitrogen and oxygen atoms in total. The van der Waals surface area contributed by atoms with Crippen LogP contribution in [0, 0.1) is 0 Å². The molecule has 0 radical (unpaired) electrons. The van der Waals surface area contributed by atoms with Crippen LogP contribution in [0.4, 0.5) is 11.4 Å². The van der Waals surface area contributed by atoms with Gasteiger partial charge in [-0.1, -0.05) is 18.2 Å². The second-order valence-corrected chi connectivity index (χ2v) is 6.89. The molecular weight excluding hydrogens is 328 g/mol. The zero-order valence-corrected chi connectivity index (χ0v) is 14.8. The molecule has 2 aliphatic heterocycles. The van der Waals surface area contributed by atoms with Crippen molar-refractivity contribution in [3.63, 3.8) is 0 Å². The van der Waals surface area contributed by atoms with Crippen molar-refractivity contribution in [2.24, 2.45) is 0 Å². The molecule has 134 valence electrons. The van der Waals surface area contributed by atoms with Crippen molar-refractivity contribution in [3.8, 4) is 0 Å². The number of carbonyl (C=O) groups excluding carboxylic acids is 2. The quantitative estimate of drug-likeness (QED) is 0.794. The molecule has 1 aromatic heterocycles. The molecule has 3 heterocycles. The first-order valence-electron chi connectivity index (χ1n) is 8.99. The number of hydrogen-bond acceptors (Lipinski definition) is 4. The highest BCUT2D eigenvalue weighted by molar-refractivity contribution is 6.06. The maximum absolute atomic E-state index is 13.0. The molecule has 1 saturated heterocycles. The molecule has 1 atom stereocenters. The number of anilines is 2.